The van der Waals surface area contributed by atoms with Crippen LogP contribution in [0.3, 0.4) is 0 Å². The van der Waals surface area contributed by atoms with Gasteiger partial charge in [-0.3, -0.25) is 9.59 Å². The third-order valence-electron chi connectivity index (χ3n) is 5.35. The number of piperidine rings is 1. The van der Waals surface area contributed by atoms with Gasteiger partial charge in [0.2, 0.25) is 5.91 Å². The molecule has 1 aliphatic rings. The van der Waals surface area contributed by atoms with Crippen LogP contribution < -0.4 is 10.1 Å². The minimum atomic E-state index is -0.235. The van der Waals surface area contributed by atoms with Gasteiger partial charge < -0.3 is 15.0 Å². The van der Waals surface area contributed by atoms with Gasteiger partial charge in [0.25, 0.3) is 5.91 Å². The molecule has 2 aromatic rings. The van der Waals surface area contributed by atoms with Crippen LogP contribution in [0.25, 0.3) is 11.1 Å². The average Bonchev–Trinajstić information content (AvgIpc) is 2.77. The molecule has 1 saturated heterocycles. The van der Waals surface area contributed by atoms with Gasteiger partial charge in [0.15, 0.2) is 0 Å². The standard InChI is InChI=1S/C23H24Cl2N2O3/c1-3-22(28)27-10-8-15(9-11-27)14-26-23(29)18-12-17(20(25)13-21(18)30-2)16-6-4-5-7-19(16)24/h3-7,12-13,15H,1,8-11,14H2,2H3,(H,26,29). The number of carbonyl (C=O) groups excluding carboxylic acids is 2. The van der Waals surface area contributed by atoms with Crippen molar-refractivity contribution in [1.29, 1.82) is 0 Å². The molecule has 1 heterocycles. The van der Waals surface area contributed by atoms with E-state index < -0.39 is 0 Å². The van der Waals surface area contributed by atoms with E-state index in [4.69, 9.17) is 27.9 Å². The molecule has 3 rings (SSSR count). The summed E-state index contributed by atoms with van der Waals surface area (Å²) < 4.78 is 5.38. The molecule has 0 saturated carbocycles. The highest BCUT2D eigenvalue weighted by molar-refractivity contribution is 6.36. The van der Waals surface area contributed by atoms with Crippen molar-refractivity contribution in [2.24, 2.45) is 5.92 Å². The lowest BCUT2D eigenvalue weighted by molar-refractivity contribution is -0.127. The number of rotatable bonds is 6. The zero-order valence-corrected chi connectivity index (χ0v) is 18.3. The lowest BCUT2D eigenvalue weighted by atomic mass is 9.96. The third-order valence-corrected chi connectivity index (χ3v) is 5.99. The zero-order chi connectivity index (χ0) is 21.7. The number of methoxy groups -OCH3 is 1. The molecule has 158 valence electrons. The fourth-order valence-corrected chi connectivity index (χ4v) is 4.10. The number of hydrogen-bond donors (Lipinski definition) is 1. The van der Waals surface area contributed by atoms with Crippen LogP contribution in [0.2, 0.25) is 10.0 Å². The first-order chi connectivity index (χ1) is 14.4. The van der Waals surface area contributed by atoms with Gasteiger partial charge in [-0.25, -0.2) is 0 Å². The van der Waals surface area contributed by atoms with E-state index in [1.54, 1.807) is 23.1 Å². The molecule has 0 bridgehead atoms. The molecule has 0 aromatic heterocycles. The highest BCUT2D eigenvalue weighted by Crippen LogP contribution is 2.37. The summed E-state index contributed by atoms with van der Waals surface area (Å²) in [5.41, 5.74) is 1.82. The topological polar surface area (TPSA) is 58.6 Å². The van der Waals surface area contributed by atoms with Crippen molar-refractivity contribution in [2.45, 2.75) is 12.8 Å². The summed E-state index contributed by atoms with van der Waals surface area (Å²) in [5, 5.41) is 4.00. The van der Waals surface area contributed by atoms with Crippen molar-refractivity contribution < 1.29 is 14.3 Å². The lowest BCUT2D eigenvalue weighted by Gasteiger charge is -2.31. The summed E-state index contributed by atoms with van der Waals surface area (Å²) in [6.45, 7) is 5.40. The van der Waals surface area contributed by atoms with E-state index in [1.165, 1.54) is 13.2 Å². The quantitative estimate of drug-likeness (QED) is 0.646. The Kier molecular flexibility index (Phi) is 7.40. The van der Waals surface area contributed by atoms with Crippen molar-refractivity contribution in [3.8, 4) is 16.9 Å². The Balaban J connectivity index is 1.73. The zero-order valence-electron chi connectivity index (χ0n) is 16.8. The number of ether oxygens (including phenoxy) is 1. The molecule has 0 aliphatic carbocycles. The summed E-state index contributed by atoms with van der Waals surface area (Å²) in [6.07, 6.45) is 3.01. The highest BCUT2D eigenvalue weighted by Gasteiger charge is 2.23. The molecular weight excluding hydrogens is 423 g/mol. The molecule has 2 aromatic carbocycles. The molecule has 1 aliphatic heterocycles. The molecule has 0 atom stereocenters. The minimum Gasteiger partial charge on any atom is -0.496 e. The fourth-order valence-electron chi connectivity index (χ4n) is 3.61. The normalized spacial score (nSPS) is 14.3. The van der Waals surface area contributed by atoms with Crippen LogP contribution in [0, 0.1) is 5.92 Å². The summed E-state index contributed by atoms with van der Waals surface area (Å²) in [5.74, 6) is 0.431. The van der Waals surface area contributed by atoms with Crippen LogP contribution in [0.5, 0.6) is 5.75 Å². The van der Waals surface area contributed by atoms with E-state index >= 15 is 0 Å². The summed E-state index contributed by atoms with van der Waals surface area (Å²) in [4.78, 5) is 26.4. The fraction of sp³-hybridized carbons (Fsp3) is 0.304. The highest BCUT2D eigenvalue weighted by atomic mass is 35.5. The van der Waals surface area contributed by atoms with Gasteiger partial charge in [-0.05, 0) is 37.0 Å². The van der Waals surface area contributed by atoms with Gasteiger partial charge in [-0.15, -0.1) is 0 Å². The van der Waals surface area contributed by atoms with Gasteiger partial charge in [0, 0.05) is 41.9 Å². The predicted molar refractivity (Wildman–Crippen MR) is 120 cm³/mol. The second kappa shape index (κ2) is 10.0. The number of likely N-dealkylation sites (tertiary alicyclic amines) is 1. The summed E-state index contributed by atoms with van der Waals surface area (Å²) in [7, 11) is 1.50. The van der Waals surface area contributed by atoms with Crippen LogP contribution in [0.15, 0.2) is 49.1 Å². The van der Waals surface area contributed by atoms with Crippen LogP contribution >= 0.6 is 23.2 Å². The van der Waals surface area contributed by atoms with Gasteiger partial charge >= 0.3 is 0 Å². The van der Waals surface area contributed by atoms with Crippen LogP contribution in [0.1, 0.15) is 23.2 Å². The minimum absolute atomic E-state index is 0.0458. The van der Waals surface area contributed by atoms with Crippen molar-refractivity contribution in [2.75, 3.05) is 26.7 Å². The molecule has 30 heavy (non-hydrogen) atoms. The van der Waals surface area contributed by atoms with E-state index in [0.29, 0.717) is 52.5 Å². The second-order valence-corrected chi connectivity index (χ2v) is 8.01. The van der Waals surface area contributed by atoms with Gasteiger partial charge in [-0.2, -0.15) is 0 Å². The second-order valence-electron chi connectivity index (χ2n) is 7.19. The molecule has 0 spiro atoms. The Morgan fingerprint density at radius 3 is 2.50 bits per heavy atom. The van der Waals surface area contributed by atoms with Crippen LogP contribution in [-0.4, -0.2) is 43.5 Å². The van der Waals surface area contributed by atoms with Crippen molar-refractivity contribution in [1.82, 2.24) is 10.2 Å². The lowest BCUT2D eigenvalue weighted by Crippen LogP contribution is -2.40. The van der Waals surface area contributed by atoms with Crippen LogP contribution in [0.4, 0.5) is 0 Å². The number of hydrogen-bond acceptors (Lipinski definition) is 3. The van der Waals surface area contributed by atoms with E-state index in [-0.39, 0.29) is 11.8 Å². The molecule has 0 unspecified atom stereocenters. The van der Waals surface area contributed by atoms with Gasteiger partial charge in [0.1, 0.15) is 5.75 Å². The van der Waals surface area contributed by atoms with Crippen molar-refractivity contribution in [3.05, 3.63) is 64.7 Å². The Bertz CT molecular complexity index is 953. The average molecular weight is 447 g/mol. The largest absolute Gasteiger partial charge is 0.496 e. The number of halogens is 2. The molecule has 1 N–H and O–H groups in total. The van der Waals surface area contributed by atoms with Crippen molar-refractivity contribution in [3.63, 3.8) is 0 Å². The van der Waals surface area contributed by atoms with E-state index in [1.807, 2.05) is 18.2 Å². The molecule has 2 amide bonds. The Morgan fingerprint density at radius 2 is 1.87 bits per heavy atom. The number of nitrogens with one attached hydrogen (secondary N) is 1. The smallest absolute Gasteiger partial charge is 0.255 e. The monoisotopic (exact) mass is 446 g/mol. The predicted octanol–water partition coefficient (Wildman–Crippen LogP) is 4.82. The van der Waals surface area contributed by atoms with E-state index in [2.05, 4.69) is 11.9 Å². The maximum absolute atomic E-state index is 12.9. The SMILES string of the molecule is C=CC(=O)N1CCC(CNC(=O)c2cc(-c3ccccc3Cl)c(Cl)cc2OC)CC1. The molecular formula is C23H24Cl2N2O3. The van der Waals surface area contributed by atoms with Gasteiger partial charge in [-0.1, -0.05) is 48.0 Å². The Morgan fingerprint density at radius 1 is 1.17 bits per heavy atom. The maximum atomic E-state index is 12.9. The van der Waals surface area contributed by atoms with Crippen molar-refractivity contribution >= 4 is 35.0 Å². The third kappa shape index (κ3) is 4.97. The first-order valence-corrected chi connectivity index (χ1v) is 10.5. The summed E-state index contributed by atoms with van der Waals surface area (Å²) >= 11 is 12.8. The van der Waals surface area contributed by atoms with Crippen LogP contribution in [-0.2, 0) is 4.79 Å². The van der Waals surface area contributed by atoms with E-state index in [0.717, 1.165) is 18.4 Å². The Hall–Kier alpha value is -2.50. The number of benzene rings is 2. The number of carbonyl (C=O) groups is 2. The molecule has 7 heteroatoms. The van der Waals surface area contributed by atoms with Gasteiger partial charge in [0.05, 0.1) is 17.7 Å². The Labute approximate surface area is 186 Å². The maximum Gasteiger partial charge on any atom is 0.255 e. The molecule has 1 fully saturated rings. The molecule has 5 nitrogen and oxygen atoms in total. The summed E-state index contributed by atoms with van der Waals surface area (Å²) in [6, 6.07) is 10.7. The first-order valence-electron chi connectivity index (χ1n) is 9.76. The number of nitrogens with zero attached hydrogens (tertiary/aromatic N) is 1. The number of amides is 2. The first kappa shape index (κ1) is 22.2. The van der Waals surface area contributed by atoms with E-state index in [9.17, 15) is 9.59 Å². The molecule has 0 radical (unpaired) electrons.